The molecule has 3 rings (SSSR count). The van der Waals surface area contributed by atoms with Crippen molar-refractivity contribution in [2.45, 2.75) is 6.42 Å². The Hall–Kier alpha value is -1.65. The predicted octanol–water partition coefficient (Wildman–Crippen LogP) is -0.0810. The number of carbonyl (C=O) groups is 2. The maximum Gasteiger partial charge on any atom is 0.237 e. The lowest BCUT2D eigenvalue weighted by molar-refractivity contribution is -0.123. The molecule has 1 saturated carbocycles. The number of rotatable bonds is 1. The van der Waals surface area contributed by atoms with Crippen LogP contribution in [0.5, 0.6) is 0 Å². The molecule has 66 valence electrons. The molecule has 2 fully saturated rings. The fourth-order valence-electron chi connectivity index (χ4n) is 1.80. The number of hydrogen-bond donors (Lipinski definition) is 1. The van der Waals surface area contributed by atoms with Gasteiger partial charge in [-0.05, 0) is 6.42 Å². The third-order valence-corrected chi connectivity index (χ3v) is 2.61. The lowest BCUT2D eigenvalue weighted by Gasteiger charge is -2.12. The van der Waals surface area contributed by atoms with Gasteiger partial charge in [0, 0.05) is 6.20 Å². The minimum atomic E-state index is -0.0728. The van der Waals surface area contributed by atoms with Gasteiger partial charge in [-0.3, -0.25) is 14.7 Å². The SMILES string of the molecule is O=C1C2CC2C(=O)N1c1cn[nH]c1. The zero-order valence-electron chi connectivity index (χ0n) is 6.73. The van der Waals surface area contributed by atoms with Crippen LogP contribution in [-0.4, -0.2) is 22.0 Å². The van der Waals surface area contributed by atoms with Crippen LogP contribution >= 0.6 is 0 Å². The maximum atomic E-state index is 11.5. The number of H-pyrrole nitrogens is 1. The molecule has 1 aromatic rings. The second-order valence-corrected chi connectivity index (χ2v) is 3.42. The van der Waals surface area contributed by atoms with Crippen molar-refractivity contribution in [1.82, 2.24) is 10.2 Å². The first-order valence-corrected chi connectivity index (χ1v) is 4.15. The largest absolute Gasteiger partial charge is 0.284 e. The van der Waals surface area contributed by atoms with Gasteiger partial charge < -0.3 is 0 Å². The number of nitrogens with zero attached hydrogens (tertiary/aromatic N) is 2. The number of nitrogens with one attached hydrogen (secondary N) is 1. The summed E-state index contributed by atoms with van der Waals surface area (Å²) in [4.78, 5) is 24.3. The van der Waals surface area contributed by atoms with Crippen molar-refractivity contribution in [1.29, 1.82) is 0 Å². The molecule has 0 spiro atoms. The van der Waals surface area contributed by atoms with Crippen LogP contribution < -0.4 is 4.90 Å². The molecule has 1 saturated heterocycles. The maximum absolute atomic E-state index is 11.5. The van der Waals surface area contributed by atoms with E-state index in [2.05, 4.69) is 10.2 Å². The van der Waals surface area contributed by atoms with Crippen molar-refractivity contribution in [3.05, 3.63) is 12.4 Å². The molecule has 2 heterocycles. The van der Waals surface area contributed by atoms with E-state index >= 15 is 0 Å². The molecule has 0 radical (unpaired) electrons. The number of fused-ring (bicyclic) bond motifs is 1. The van der Waals surface area contributed by atoms with Crippen molar-refractivity contribution >= 4 is 17.5 Å². The van der Waals surface area contributed by atoms with Gasteiger partial charge in [-0.2, -0.15) is 5.10 Å². The molecule has 13 heavy (non-hydrogen) atoms. The van der Waals surface area contributed by atoms with Crippen LogP contribution in [0.3, 0.4) is 0 Å². The van der Waals surface area contributed by atoms with Crippen LogP contribution in [0, 0.1) is 11.8 Å². The molecule has 1 aliphatic heterocycles. The Morgan fingerprint density at radius 2 is 2.08 bits per heavy atom. The fourth-order valence-corrected chi connectivity index (χ4v) is 1.80. The molecule has 0 aromatic carbocycles. The molecule has 5 heteroatoms. The van der Waals surface area contributed by atoms with Gasteiger partial charge in [-0.15, -0.1) is 0 Å². The average Bonchev–Trinajstić information content (AvgIpc) is 2.67. The number of carbonyl (C=O) groups excluding carboxylic acids is 2. The smallest absolute Gasteiger partial charge is 0.237 e. The number of amides is 2. The zero-order valence-corrected chi connectivity index (χ0v) is 6.73. The topological polar surface area (TPSA) is 66.1 Å². The van der Waals surface area contributed by atoms with Crippen LogP contribution in [0.2, 0.25) is 0 Å². The molecule has 2 amide bonds. The third kappa shape index (κ3) is 0.734. The summed E-state index contributed by atoms with van der Waals surface area (Å²) in [6.45, 7) is 0. The van der Waals surface area contributed by atoms with E-state index in [1.54, 1.807) is 6.20 Å². The molecule has 5 nitrogen and oxygen atoms in total. The van der Waals surface area contributed by atoms with Gasteiger partial charge in [-0.1, -0.05) is 0 Å². The Morgan fingerprint density at radius 1 is 1.38 bits per heavy atom. The van der Waals surface area contributed by atoms with Gasteiger partial charge >= 0.3 is 0 Å². The van der Waals surface area contributed by atoms with Crippen LogP contribution in [0.1, 0.15) is 6.42 Å². The number of hydrogen-bond acceptors (Lipinski definition) is 3. The van der Waals surface area contributed by atoms with E-state index in [-0.39, 0.29) is 23.7 Å². The predicted molar refractivity (Wildman–Crippen MR) is 42.7 cm³/mol. The quantitative estimate of drug-likeness (QED) is 0.610. The summed E-state index contributed by atoms with van der Waals surface area (Å²) >= 11 is 0. The van der Waals surface area contributed by atoms with Crippen molar-refractivity contribution in [2.75, 3.05) is 4.90 Å². The van der Waals surface area contributed by atoms with Crippen LogP contribution in [0.15, 0.2) is 12.4 Å². The number of piperidine rings is 1. The molecule has 0 bridgehead atoms. The lowest BCUT2D eigenvalue weighted by atomic mass is 10.4. The highest BCUT2D eigenvalue weighted by Crippen LogP contribution is 2.48. The summed E-state index contributed by atoms with van der Waals surface area (Å²) in [6.07, 6.45) is 3.78. The van der Waals surface area contributed by atoms with Gasteiger partial charge in [0.15, 0.2) is 0 Å². The van der Waals surface area contributed by atoms with E-state index in [1.165, 1.54) is 11.1 Å². The molecular weight excluding hydrogens is 170 g/mol. The summed E-state index contributed by atoms with van der Waals surface area (Å²) in [5.41, 5.74) is 0.558. The second-order valence-electron chi connectivity index (χ2n) is 3.42. The van der Waals surface area contributed by atoms with Crippen LogP contribution in [-0.2, 0) is 9.59 Å². The van der Waals surface area contributed by atoms with Gasteiger partial charge in [0.05, 0.1) is 23.7 Å². The highest BCUT2D eigenvalue weighted by atomic mass is 16.2. The van der Waals surface area contributed by atoms with Crippen molar-refractivity contribution in [2.24, 2.45) is 11.8 Å². The molecule has 1 aliphatic carbocycles. The Kier molecular flexibility index (Phi) is 1.04. The number of anilines is 1. The Balaban J connectivity index is 2.01. The van der Waals surface area contributed by atoms with Crippen molar-refractivity contribution in [3.63, 3.8) is 0 Å². The van der Waals surface area contributed by atoms with E-state index in [1.807, 2.05) is 0 Å². The molecule has 2 aliphatic rings. The highest BCUT2D eigenvalue weighted by Gasteiger charge is 2.59. The first kappa shape index (κ1) is 6.82. The molecule has 1 aromatic heterocycles. The van der Waals surface area contributed by atoms with E-state index < -0.39 is 0 Å². The van der Waals surface area contributed by atoms with E-state index in [4.69, 9.17) is 0 Å². The molecule has 2 unspecified atom stereocenters. The minimum Gasteiger partial charge on any atom is -0.284 e. The Bertz CT molecular complexity index is 364. The summed E-state index contributed by atoms with van der Waals surface area (Å²) in [5, 5.41) is 6.29. The summed E-state index contributed by atoms with van der Waals surface area (Å²) in [5.74, 6) is -0.224. The number of aromatic nitrogens is 2. The van der Waals surface area contributed by atoms with Gasteiger partial charge in [0.2, 0.25) is 11.8 Å². The minimum absolute atomic E-state index is 0.0394. The number of aromatic amines is 1. The lowest BCUT2D eigenvalue weighted by Crippen LogP contribution is -2.32. The average molecular weight is 177 g/mol. The Morgan fingerprint density at radius 3 is 2.62 bits per heavy atom. The zero-order chi connectivity index (χ0) is 9.00. The summed E-state index contributed by atoms with van der Waals surface area (Å²) in [6, 6.07) is 0. The van der Waals surface area contributed by atoms with Crippen molar-refractivity contribution in [3.8, 4) is 0 Å². The van der Waals surface area contributed by atoms with Gasteiger partial charge in [0.25, 0.3) is 0 Å². The van der Waals surface area contributed by atoms with E-state index in [9.17, 15) is 9.59 Å². The molecule has 2 atom stereocenters. The fraction of sp³-hybridized carbons (Fsp3) is 0.375. The van der Waals surface area contributed by atoms with Crippen LogP contribution in [0.25, 0.3) is 0 Å². The standard InChI is InChI=1S/C8H7N3O2/c12-7-5-1-6(5)8(13)11(7)4-2-9-10-3-4/h2-3,5-6H,1H2,(H,9,10). The monoisotopic (exact) mass is 177 g/mol. The first-order valence-electron chi connectivity index (χ1n) is 4.15. The summed E-state index contributed by atoms with van der Waals surface area (Å²) < 4.78 is 0. The normalized spacial score (nSPS) is 30.9. The van der Waals surface area contributed by atoms with Crippen molar-refractivity contribution < 1.29 is 9.59 Å². The van der Waals surface area contributed by atoms with Crippen LogP contribution in [0.4, 0.5) is 5.69 Å². The second kappa shape index (κ2) is 1.99. The highest BCUT2D eigenvalue weighted by molar-refractivity contribution is 6.24. The third-order valence-electron chi connectivity index (χ3n) is 2.61. The number of imide groups is 1. The first-order chi connectivity index (χ1) is 6.29. The Labute approximate surface area is 73.7 Å². The van der Waals surface area contributed by atoms with E-state index in [0.717, 1.165) is 6.42 Å². The summed E-state index contributed by atoms with van der Waals surface area (Å²) in [7, 11) is 0. The van der Waals surface area contributed by atoms with Gasteiger partial charge in [0.1, 0.15) is 0 Å². The van der Waals surface area contributed by atoms with Gasteiger partial charge in [-0.25, -0.2) is 4.90 Å². The van der Waals surface area contributed by atoms with E-state index in [0.29, 0.717) is 5.69 Å². The molecular formula is C8H7N3O2. The molecule has 1 N–H and O–H groups in total.